The van der Waals surface area contributed by atoms with Gasteiger partial charge in [-0.05, 0) is 31.4 Å². The van der Waals surface area contributed by atoms with E-state index in [2.05, 4.69) is 5.10 Å². The van der Waals surface area contributed by atoms with Crippen LogP contribution in [0, 0.1) is 0 Å². The number of carbonyl (C=O) groups excluding carboxylic acids is 1. The molecule has 0 unspecified atom stereocenters. The monoisotopic (exact) mass is 367 g/mol. The Hall–Kier alpha value is -1.86. The van der Waals surface area contributed by atoms with Crippen LogP contribution in [-0.2, 0) is 11.2 Å². The summed E-state index contributed by atoms with van der Waals surface area (Å²) in [6, 6.07) is 3.97. The van der Waals surface area contributed by atoms with E-state index in [9.17, 15) is 9.59 Å². The van der Waals surface area contributed by atoms with Crippen molar-refractivity contribution in [3.05, 3.63) is 39.3 Å². The Labute approximate surface area is 148 Å². The van der Waals surface area contributed by atoms with E-state index in [-0.39, 0.29) is 17.5 Å². The van der Waals surface area contributed by atoms with Gasteiger partial charge in [-0.1, -0.05) is 11.6 Å². The molecule has 1 amide bonds. The number of rotatable bonds is 5. The molecule has 1 fully saturated rings. The Kier molecular flexibility index (Phi) is 5.20. The standard InChI is InChI=1S/C16H18ClN3O3S/c17-14-3-1-13(24-14)2-4-15(21)19-7-5-12(6-8-19)20-10-11(9-18-20)16(22)23/h1,3,9-10,12H,2,4-8H2,(H,22,23). The maximum absolute atomic E-state index is 12.3. The molecule has 128 valence electrons. The minimum atomic E-state index is -0.970. The first-order chi connectivity index (χ1) is 11.5. The largest absolute Gasteiger partial charge is 0.478 e. The Morgan fingerprint density at radius 2 is 2.08 bits per heavy atom. The maximum atomic E-state index is 12.3. The lowest BCUT2D eigenvalue weighted by atomic mass is 10.0. The van der Waals surface area contributed by atoms with Gasteiger partial charge in [0, 0.05) is 30.6 Å². The number of hydrogen-bond acceptors (Lipinski definition) is 4. The van der Waals surface area contributed by atoms with Gasteiger partial charge >= 0.3 is 5.97 Å². The van der Waals surface area contributed by atoms with Crippen molar-refractivity contribution in [2.45, 2.75) is 31.7 Å². The molecule has 0 spiro atoms. The average Bonchev–Trinajstić information content (AvgIpc) is 3.22. The Morgan fingerprint density at radius 1 is 1.33 bits per heavy atom. The molecule has 3 rings (SSSR count). The second-order valence-corrected chi connectivity index (χ2v) is 7.63. The fourth-order valence-corrected chi connectivity index (χ4v) is 3.99. The summed E-state index contributed by atoms with van der Waals surface area (Å²) in [7, 11) is 0. The second-order valence-electron chi connectivity index (χ2n) is 5.83. The topological polar surface area (TPSA) is 75.4 Å². The molecule has 0 radical (unpaired) electrons. The van der Waals surface area contributed by atoms with Gasteiger partial charge in [0.25, 0.3) is 0 Å². The van der Waals surface area contributed by atoms with Gasteiger partial charge in [-0.3, -0.25) is 9.48 Å². The predicted octanol–water partition coefficient (Wildman–Crippen LogP) is 3.09. The maximum Gasteiger partial charge on any atom is 0.338 e. The molecule has 2 aromatic heterocycles. The van der Waals surface area contributed by atoms with Crippen LogP contribution in [0.4, 0.5) is 0 Å². The summed E-state index contributed by atoms with van der Waals surface area (Å²) in [5, 5.41) is 13.1. The van der Waals surface area contributed by atoms with Gasteiger partial charge in [0.1, 0.15) is 0 Å². The lowest BCUT2D eigenvalue weighted by molar-refractivity contribution is -0.132. The van der Waals surface area contributed by atoms with E-state index in [1.54, 1.807) is 10.9 Å². The van der Waals surface area contributed by atoms with Crippen LogP contribution in [0.3, 0.4) is 0 Å². The lowest BCUT2D eigenvalue weighted by Crippen LogP contribution is -2.39. The summed E-state index contributed by atoms with van der Waals surface area (Å²) < 4.78 is 2.46. The van der Waals surface area contributed by atoms with Crippen LogP contribution < -0.4 is 0 Å². The first-order valence-electron chi connectivity index (χ1n) is 7.82. The van der Waals surface area contributed by atoms with E-state index in [4.69, 9.17) is 16.7 Å². The molecule has 1 saturated heterocycles. The smallest absolute Gasteiger partial charge is 0.338 e. The fraction of sp³-hybridized carbons (Fsp3) is 0.438. The average molecular weight is 368 g/mol. The van der Waals surface area contributed by atoms with Crippen LogP contribution in [0.2, 0.25) is 4.34 Å². The van der Waals surface area contributed by atoms with E-state index >= 15 is 0 Å². The Morgan fingerprint density at radius 3 is 2.67 bits per heavy atom. The molecule has 1 aliphatic rings. The lowest BCUT2D eigenvalue weighted by Gasteiger charge is -2.32. The quantitative estimate of drug-likeness (QED) is 0.881. The van der Waals surface area contributed by atoms with Gasteiger partial charge in [-0.2, -0.15) is 5.10 Å². The van der Waals surface area contributed by atoms with Crippen molar-refractivity contribution >= 4 is 34.8 Å². The zero-order valence-electron chi connectivity index (χ0n) is 13.0. The van der Waals surface area contributed by atoms with Crippen molar-refractivity contribution in [3.8, 4) is 0 Å². The van der Waals surface area contributed by atoms with Crippen LogP contribution in [0.1, 0.15) is 40.5 Å². The van der Waals surface area contributed by atoms with E-state index < -0.39 is 5.97 Å². The summed E-state index contributed by atoms with van der Waals surface area (Å²) in [6.07, 6.45) is 5.72. The number of likely N-dealkylation sites (tertiary alicyclic amines) is 1. The molecule has 1 N–H and O–H groups in total. The van der Waals surface area contributed by atoms with Crippen LogP contribution in [0.25, 0.3) is 0 Å². The predicted molar refractivity (Wildman–Crippen MR) is 91.7 cm³/mol. The van der Waals surface area contributed by atoms with Crippen molar-refractivity contribution in [1.29, 1.82) is 0 Å². The van der Waals surface area contributed by atoms with Gasteiger partial charge in [0.05, 0.1) is 22.1 Å². The van der Waals surface area contributed by atoms with Crippen molar-refractivity contribution in [1.82, 2.24) is 14.7 Å². The van der Waals surface area contributed by atoms with Crippen LogP contribution in [0.15, 0.2) is 24.5 Å². The number of carboxylic acids is 1. The molecule has 0 atom stereocenters. The molecule has 0 aromatic carbocycles. The first kappa shape index (κ1) is 17.0. The summed E-state index contributed by atoms with van der Waals surface area (Å²) in [4.78, 5) is 26.2. The zero-order valence-corrected chi connectivity index (χ0v) is 14.6. The highest BCUT2D eigenvalue weighted by Crippen LogP contribution is 2.25. The third-order valence-corrected chi connectivity index (χ3v) is 5.54. The van der Waals surface area contributed by atoms with Crippen LogP contribution >= 0.6 is 22.9 Å². The number of halogens is 1. The highest BCUT2D eigenvalue weighted by atomic mass is 35.5. The normalized spacial score (nSPS) is 15.6. The minimum absolute atomic E-state index is 0.151. The number of carboxylic acid groups (broad SMARTS) is 1. The van der Waals surface area contributed by atoms with Gasteiger partial charge in [-0.25, -0.2) is 4.79 Å². The third-order valence-electron chi connectivity index (χ3n) is 4.25. The van der Waals surface area contributed by atoms with Crippen molar-refractivity contribution in [3.63, 3.8) is 0 Å². The van der Waals surface area contributed by atoms with Crippen molar-refractivity contribution in [2.24, 2.45) is 0 Å². The SMILES string of the molecule is O=C(O)c1cnn(C2CCN(C(=O)CCc3ccc(Cl)s3)CC2)c1. The van der Waals surface area contributed by atoms with Gasteiger partial charge in [-0.15, -0.1) is 11.3 Å². The van der Waals surface area contributed by atoms with Crippen molar-refractivity contribution in [2.75, 3.05) is 13.1 Å². The minimum Gasteiger partial charge on any atom is -0.478 e. The highest BCUT2D eigenvalue weighted by Gasteiger charge is 2.24. The molecule has 0 bridgehead atoms. The van der Waals surface area contributed by atoms with E-state index in [0.717, 1.165) is 28.5 Å². The van der Waals surface area contributed by atoms with Crippen molar-refractivity contribution < 1.29 is 14.7 Å². The van der Waals surface area contributed by atoms with E-state index in [0.29, 0.717) is 19.5 Å². The van der Waals surface area contributed by atoms with Gasteiger partial charge < -0.3 is 10.0 Å². The molecule has 0 saturated carbocycles. The third kappa shape index (κ3) is 3.96. The molecule has 8 heteroatoms. The second kappa shape index (κ2) is 7.36. The summed E-state index contributed by atoms with van der Waals surface area (Å²) >= 11 is 7.41. The molecule has 0 aliphatic carbocycles. The molecular formula is C16H18ClN3O3S. The Bertz CT molecular complexity index is 735. The number of aromatic carboxylic acids is 1. The number of aryl methyl sites for hydroxylation is 1. The summed E-state index contributed by atoms with van der Waals surface area (Å²) in [5.41, 5.74) is 0.197. The number of hydrogen-bond donors (Lipinski definition) is 1. The molecule has 2 aromatic rings. The molecular weight excluding hydrogens is 350 g/mol. The van der Waals surface area contributed by atoms with Crippen LogP contribution in [-0.4, -0.2) is 44.8 Å². The van der Waals surface area contributed by atoms with E-state index in [1.807, 2.05) is 17.0 Å². The van der Waals surface area contributed by atoms with Crippen LogP contribution in [0.5, 0.6) is 0 Å². The number of thiophene rings is 1. The summed E-state index contributed by atoms with van der Waals surface area (Å²) in [6.45, 7) is 1.36. The number of aromatic nitrogens is 2. The molecule has 3 heterocycles. The number of carbonyl (C=O) groups is 2. The molecule has 24 heavy (non-hydrogen) atoms. The first-order valence-corrected chi connectivity index (χ1v) is 9.02. The number of piperidine rings is 1. The number of amides is 1. The van der Waals surface area contributed by atoms with Gasteiger partial charge in [0.2, 0.25) is 5.91 Å². The molecule has 1 aliphatic heterocycles. The van der Waals surface area contributed by atoms with E-state index in [1.165, 1.54) is 17.5 Å². The summed E-state index contributed by atoms with van der Waals surface area (Å²) in [5.74, 6) is -0.813. The number of nitrogens with zero attached hydrogens (tertiary/aromatic N) is 3. The zero-order chi connectivity index (χ0) is 17.1. The van der Waals surface area contributed by atoms with Gasteiger partial charge in [0.15, 0.2) is 0 Å². The highest BCUT2D eigenvalue weighted by molar-refractivity contribution is 7.16. The Balaban J connectivity index is 1.48. The molecule has 6 nitrogen and oxygen atoms in total. The fourth-order valence-electron chi connectivity index (χ4n) is 2.90.